The number of sulfone groups is 1. The molecule has 0 fully saturated rings. The zero-order valence-electron chi connectivity index (χ0n) is 12.9. The highest BCUT2D eigenvalue weighted by Gasteiger charge is 2.13. The molecule has 24 heavy (non-hydrogen) atoms. The van der Waals surface area contributed by atoms with E-state index in [0.717, 1.165) is 11.1 Å². The van der Waals surface area contributed by atoms with Crippen molar-refractivity contribution in [3.8, 4) is 11.1 Å². The summed E-state index contributed by atoms with van der Waals surface area (Å²) in [6.45, 7) is 1.42. The molecular weight excluding hydrogens is 394 g/mol. The third kappa shape index (κ3) is 3.20. The number of hydrogen-bond donors (Lipinski definition) is 1. The summed E-state index contributed by atoms with van der Waals surface area (Å²) in [5, 5.41) is 2.65. The number of hydrogen-bond acceptors (Lipinski definition) is 4. The number of halogens is 1. The molecule has 1 amide bonds. The lowest BCUT2D eigenvalue weighted by Gasteiger charge is -2.06. The molecule has 2 heterocycles. The molecular formula is C16H14BrN3O3S. The quantitative estimate of drug-likeness (QED) is 0.722. The highest BCUT2D eigenvalue weighted by molar-refractivity contribution is 9.10. The van der Waals surface area contributed by atoms with Crippen molar-refractivity contribution in [2.45, 2.75) is 11.8 Å². The van der Waals surface area contributed by atoms with Crippen molar-refractivity contribution in [2.24, 2.45) is 0 Å². The number of anilines is 1. The standard InChI is InChI=1S/C16H14BrN3O3S/c1-10(21)18-16-15(17)20-9-12(6-7-14(20)19-16)11-4-3-5-13(8-11)24(2,22)23/h3-9H,1-2H3,(H,18,21). The minimum atomic E-state index is -3.27. The first kappa shape index (κ1) is 16.7. The zero-order valence-corrected chi connectivity index (χ0v) is 15.3. The summed E-state index contributed by atoms with van der Waals surface area (Å²) in [4.78, 5) is 15.8. The molecule has 3 rings (SSSR count). The molecule has 1 N–H and O–H groups in total. The molecule has 8 heteroatoms. The van der Waals surface area contributed by atoms with Crippen LogP contribution in [0.2, 0.25) is 0 Å². The lowest BCUT2D eigenvalue weighted by molar-refractivity contribution is -0.114. The molecule has 0 aliphatic carbocycles. The highest BCUT2D eigenvalue weighted by atomic mass is 79.9. The van der Waals surface area contributed by atoms with Crippen LogP contribution in [0, 0.1) is 0 Å². The second kappa shape index (κ2) is 6.03. The summed E-state index contributed by atoms with van der Waals surface area (Å²) in [5.41, 5.74) is 2.27. The number of benzene rings is 1. The molecule has 0 atom stereocenters. The number of imidazole rings is 1. The van der Waals surface area contributed by atoms with E-state index in [1.54, 1.807) is 28.7 Å². The average Bonchev–Trinajstić information content (AvgIpc) is 2.82. The molecule has 0 aliphatic heterocycles. The van der Waals surface area contributed by atoms with Gasteiger partial charge in [-0.2, -0.15) is 0 Å². The Hall–Kier alpha value is -2.19. The molecule has 6 nitrogen and oxygen atoms in total. The van der Waals surface area contributed by atoms with Crippen LogP contribution in [0.25, 0.3) is 16.8 Å². The second-order valence-corrected chi connectivity index (χ2v) is 8.15. The van der Waals surface area contributed by atoms with Gasteiger partial charge in [-0.3, -0.25) is 9.20 Å². The first-order valence-corrected chi connectivity index (χ1v) is 9.70. The first-order chi connectivity index (χ1) is 11.3. The van der Waals surface area contributed by atoms with Gasteiger partial charge < -0.3 is 5.32 Å². The molecule has 3 aromatic rings. The van der Waals surface area contributed by atoms with E-state index in [1.807, 2.05) is 18.3 Å². The number of nitrogens with zero attached hydrogens (tertiary/aromatic N) is 2. The van der Waals surface area contributed by atoms with Crippen LogP contribution in [0.3, 0.4) is 0 Å². The van der Waals surface area contributed by atoms with Crippen molar-refractivity contribution in [3.63, 3.8) is 0 Å². The second-order valence-electron chi connectivity index (χ2n) is 5.38. The van der Waals surface area contributed by atoms with Gasteiger partial charge in [0, 0.05) is 19.4 Å². The summed E-state index contributed by atoms with van der Waals surface area (Å²) in [6, 6.07) is 10.4. The van der Waals surface area contributed by atoms with Gasteiger partial charge in [-0.15, -0.1) is 0 Å². The summed E-state index contributed by atoms with van der Waals surface area (Å²) < 4.78 is 25.9. The van der Waals surface area contributed by atoms with E-state index < -0.39 is 9.84 Å². The van der Waals surface area contributed by atoms with Crippen molar-refractivity contribution in [2.75, 3.05) is 11.6 Å². The predicted octanol–water partition coefficient (Wildman–Crippen LogP) is 3.13. The number of pyridine rings is 1. The van der Waals surface area contributed by atoms with E-state index in [-0.39, 0.29) is 10.8 Å². The Bertz CT molecular complexity index is 1060. The van der Waals surface area contributed by atoms with E-state index in [9.17, 15) is 13.2 Å². The Morgan fingerprint density at radius 1 is 1.21 bits per heavy atom. The summed E-state index contributed by atoms with van der Waals surface area (Å²) in [7, 11) is -3.27. The van der Waals surface area contributed by atoms with Crippen molar-refractivity contribution >= 4 is 43.1 Å². The smallest absolute Gasteiger partial charge is 0.222 e. The third-order valence-corrected chi connectivity index (χ3v) is 5.32. The predicted molar refractivity (Wildman–Crippen MR) is 95.7 cm³/mol. The molecule has 0 spiro atoms. The number of nitrogens with one attached hydrogen (secondary N) is 1. The first-order valence-electron chi connectivity index (χ1n) is 7.01. The van der Waals surface area contributed by atoms with Gasteiger partial charge in [-0.05, 0) is 51.3 Å². The van der Waals surface area contributed by atoms with Crippen LogP contribution in [-0.4, -0.2) is 30.0 Å². The third-order valence-electron chi connectivity index (χ3n) is 3.45. The van der Waals surface area contributed by atoms with Crippen LogP contribution in [0.4, 0.5) is 5.82 Å². The Morgan fingerprint density at radius 3 is 2.62 bits per heavy atom. The van der Waals surface area contributed by atoms with E-state index >= 15 is 0 Å². The van der Waals surface area contributed by atoms with E-state index in [4.69, 9.17) is 0 Å². The monoisotopic (exact) mass is 407 g/mol. The summed E-state index contributed by atoms with van der Waals surface area (Å²) >= 11 is 3.42. The Kier molecular flexibility index (Phi) is 4.18. The number of fused-ring (bicyclic) bond motifs is 1. The lowest BCUT2D eigenvalue weighted by atomic mass is 10.1. The van der Waals surface area contributed by atoms with E-state index in [2.05, 4.69) is 26.2 Å². The molecule has 1 aromatic carbocycles. The summed E-state index contributed by atoms with van der Waals surface area (Å²) in [6.07, 6.45) is 3.01. The van der Waals surface area contributed by atoms with Gasteiger partial charge in [0.25, 0.3) is 0 Å². The van der Waals surface area contributed by atoms with Gasteiger partial charge >= 0.3 is 0 Å². The topological polar surface area (TPSA) is 80.5 Å². The van der Waals surface area contributed by atoms with Crippen LogP contribution in [-0.2, 0) is 14.6 Å². The molecule has 0 radical (unpaired) electrons. The van der Waals surface area contributed by atoms with E-state index in [1.165, 1.54) is 13.2 Å². The Balaban J connectivity index is 2.11. The molecule has 0 bridgehead atoms. The van der Waals surface area contributed by atoms with Gasteiger partial charge in [0.1, 0.15) is 10.3 Å². The molecule has 0 unspecified atom stereocenters. The van der Waals surface area contributed by atoms with Crippen molar-refractivity contribution < 1.29 is 13.2 Å². The maximum Gasteiger partial charge on any atom is 0.222 e. The van der Waals surface area contributed by atoms with Crippen LogP contribution in [0.1, 0.15) is 6.92 Å². The van der Waals surface area contributed by atoms with Crippen molar-refractivity contribution in [3.05, 3.63) is 47.2 Å². The molecule has 0 saturated carbocycles. The number of amides is 1. The zero-order chi connectivity index (χ0) is 17.5. The van der Waals surface area contributed by atoms with Crippen LogP contribution >= 0.6 is 15.9 Å². The van der Waals surface area contributed by atoms with Crippen molar-refractivity contribution in [1.82, 2.24) is 9.38 Å². The maximum absolute atomic E-state index is 11.7. The van der Waals surface area contributed by atoms with Gasteiger partial charge in [0.15, 0.2) is 15.7 Å². The van der Waals surface area contributed by atoms with Gasteiger partial charge in [0.2, 0.25) is 5.91 Å². The number of carbonyl (C=O) groups is 1. The number of rotatable bonds is 3. The minimum absolute atomic E-state index is 0.208. The average molecular weight is 408 g/mol. The summed E-state index contributed by atoms with van der Waals surface area (Å²) in [5.74, 6) is 0.227. The fourth-order valence-corrected chi connectivity index (χ4v) is 3.48. The van der Waals surface area contributed by atoms with E-state index in [0.29, 0.717) is 16.1 Å². The highest BCUT2D eigenvalue weighted by Crippen LogP contribution is 2.28. The largest absolute Gasteiger partial charge is 0.309 e. The minimum Gasteiger partial charge on any atom is -0.309 e. The van der Waals surface area contributed by atoms with Gasteiger partial charge in [-0.1, -0.05) is 12.1 Å². The Morgan fingerprint density at radius 2 is 1.96 bits per heavy atom. The lowest BCUT2D eigenvalue weighted by Crippen LogP contribution is -2.06. The molecule has 0 saturated heterocycles. The van der Waals surface area contributed by atoms with Crippen LogP contribution in [0.15, 0.2) is 52.1 Å². The fraction of sp³-hybridized carbons (Fsp3) is 0.125. The SMILES string of the molecule is CC(=O)Nc1nc2ccc(-c3cccc(S(C)(=O)=O)c3)cn2c1Br. The van der Waals surface area contributed by atoms with Crippen LogP contribution < -0.4 is 5.32 Å². The fourth-order valence-electron chi connectivity index (χ4n) is 2.34. The molecule has 124 valence electrons. The Labute approximate surface area is 147 Å². The van der Waals surface area contributed by atoms with Gasteiger partial charge in [-0.25, -0.2) is 13.4 Å². The number of aromatic nitrogens is 2. The maximum atomic E-state index is 11.7. The van der Waals surface area contributed by atoms with Crippen molar-refractivity contribution in [1.29, 1.82) is 0 Å². The normalized spacial score (nSPS) is 11.6. The van der Waals surface area contributed by atoms with Crippen LogP contribution in [0.5, 0.6) is 0 Å². The molecule has 0 aliphatic rings. The number of carbonyl (C=O) groups excluding carboxylic acids is 1. The van der Waals surface area contributed by atoms with Gasteiger partial charge in [0.05, 0.1) is 4.90 Å². The molecule has 2 aromatic heterocycles.